The Bertz CT molecular complexity index is 612. The molecule has 0 radical (unpaired) electrons. The standard InChI is InChI=1S/C17H18ClNO/c18-16-7-2-1-6-15(16)17(20)11-19-14-9-8-12-4-3-5-13(12)10-14/h1-2,6-10,17,19-20H,3-5,11H2. The Morgan fingerprint density at radius 2 is 1.90 bits per heavy atom. The van der Waals surface area contributed by atoms with Gasteiger partial charge in [-0.2, -0.15) is 0 Å². The number of aryl methyl sites for hydroxylation is 2. The van der Waals surface area contributed by atoms with Crippen LogP contribution in [0.4, 0.5) is 5.69 Å². The van der Waals surface area contributed by atoms with Crippen molar-refractivity contribution in [1.29, 1.82) is 0 Å². The number of hydrogen-bond donors (Lipinski definition) is 2. The van der Waals surface area contributed by atoms with E-state index >= 15 is 0 Å². The van der Waals surface area contributed by atoms with Crippen LogP contribution >= 0.6 is 11.6 Å². The van der Waals surface area contributed by atoms with Gasteiger partial charge in [-0.15, -0.1) is 0 Å². The number of rotatable bonds is 4. The van der Waals surface area contributed by atoms with Crippen molar-refractivity contribution in [2.24, 2.45) is 0 Å². The number of fused-ring (bicyclic) bond motifs is 1. The first-order chi connectivity index (χ1) is 9.74. The predicted octanol–water partition coefficient (Wildman–Crippen LogP) is 3.97. The molecule has 1 atom stereocenters. The van der Waals surface area contributed by atoms with E-state index in [1.165, 1.54) is 24.0 Å². The summed E-state index contributed by atoms with van der Waals surface area (Å²) in [6.07, 6.45) is 3.01. The van der Waals surface area contributed by atoms with Crippen molar-refractivity contribution >= 4 is 17.3 Å². The van der Waals surface area contributed by atoms with Gasteiger partial charge >= 0.3 is 0 Å². The van der Waals surface area contributed by atoms with E-state index in [4.69, 9.17) is 11.6 Å². The van der Waals surface area contributed by atoms with Crippen LogP contribution in [-0.4, -0.2) is 11.7 Å². The second-order valence-corrected chi connectivity index (χ2v) is 5.66. The molecule has 1 aliphatic rings. The van der Waals surface area contributed by atoms with E-state index in [1.807, 2.05) is 18.2 Å². The predicted molar refractivity (Wildman–Crippen MR) is 83.4 cm³/mol. The normalized spacial score (nSPS) is 14.9. The molecule has 2 aromatic rings. The highest BCUT2D eigenvalue weighted by Gasteiger charge is 2.13. The van der Waals surface area contributed by atoms with Crippen molar-refractivity contribution in [2.75, 3.05) is 11.9 Å². The van der Waals surface area contributed by atoms with Gasteiger partial charge in [-0.3, -0.25) is 0 Å². The van der Waals surface area contributed by atoms with Crippen molar-refractivity contribution in [2.45, 2.75) is 25.4 Å². The first-order valence-corrected chi connectivity index (χ1v) is 7.40. The van der Waals surface area contributed by atoms with Crippen LogP contribution in [0.3, 0.4) is 0 Å². The fraction of sp³-hybridized carbons (Fsp3) is 0.294. The molecule has 0 saturated carbocycles. The maximum atomic E-state index is 10.2. The van der Waals surface area contributed by atoms with E-state index in [0.29, 0.717) is 11.6 Å². The highest BCUT2D eigenvalue weighted by Crippen LogP contribution is 2.26. The van der Waals surface area contributed by atoms with Gasteiger partial charge in [0.2, 0.25) is 0 Å². The number of aliphatic hydroxyl groups excluding tert-OH is 1. The lowest BCUT2D eigenvalue weighted by Gasteiger charge is -2.15. The highest BCUT2D eigenvalue weighted by molar-refractivity contribution is 6.31. The van der Waals surface area contributed by atoms with Gasteiger partial charge in [0.25, 0.3) is 0 Å². The van der Waals surface area contributed by atoms with E-state index < -0.39 is 6.10 Å². The molecule has 0 fully saturated rings. The maximum absolute atomic E-state index is 10.2. The molecule has 0 bridgehead atoms. The third-order valence-corrected chi connectivity index (χ3v) is 4.21. The molecule has 1 aliphatic carbocycles. The van der Waals surface area contributed by atoms with Crippen LogP contribution in [0.5, 0.6) is 0 Å². The van der Waals surface area contributed by atoms with Crippen molar-refractivity contribution in [3.63, 3.8) is 0 Å². The molecule has 3 rings (SSSR count). The van der Waals surface area contributed by atoms with Crippen LogP contribution in [-0.2, 0) is 12.8 Å². The van der Waals surface area contributed by atoms with Crippen LogP contribution in [0.2, 0.25) is 5.02 Å². The van der Waals surface area contributed by atoms with Gasteiger partial charge in [-0.05, 0) is 48.6 Å². The number of halogens is 1. The molecule has 0 amide bonds. The summed E-state index contributed by atoms with van der Waals surface area (Å²) in [7, 11) is 0. The van der Waals surface area contributed by atoms with E-state index in [9.17, 15) is 5.11 Å². The monoisotopic (exact) mass is 287 g/mol. The summed E-state index contributed by atoms with van der Waals surface area (Å²) in [4.78, 5) is 0. The SMILES string of the molecule is OC(CNc1ccc2c(c1)CCC2)c1ccccc1Cl. The molecule has 3 heteroatoms. The Labute approximate surface area is 124 Å². The van der Waals surface area contributed by atoms with Gasteiger partial charge < -0.3 is 10.4 Å². The molecule has 0 heterocycles. The van der Waals surface area contributed by atoms with Crippen molar-refractivity contribution in [3.05, 3.63) is 64.2 Å². The minimum Gasteiger partial charge on any atom is -0.387 e. The summed E-state index contributed by atoms with van der Waals surface area (Å²) in [5.74, 6) is 0. The van der Waals surface area contributed by atoms with E-state index in [-0.39, 0.29) is 0 Å². The minimum absolute atomic E-state index is 0.461. The summed E-state index contributed by atoms with van der Waals surface area (Å²) in [6, 6.07) is 13.9. The first kappa shape index (κ1) is 13.5. The van der Waals surface area contributed by atoms with Gasteiger partial charge in [0, 0.05) is 22.8 Å². The number of nitrogens with one attached hydrogen (secondary N) is 1. The summed E-state index contributed by atoms with van der Waals surface area (Å²) in [5, 5.41) is 14.1. The number of anilines is 1. The quantitative estimate of drug-likeness (QED) is 0.892. The second-order valence-electron chi connectivity index (χ2n) is 5.26. The third-order valence-electron chi connectivity index (χ3n) is 3.86. The van der Waals surface area contributed by atoms with E-state index in [1.54, 1.807) is 6.07 Å². The van der Waals surface area contributed by atoms with E-state index in [0.717, 1.165) is 17.7 Å². The summed E-state index contributed by atoms with van der Waals surface area (Å²) in [6.45, 7) is 0.461. The number of aliphatic hydroxyl groups is 1. The lowest BCUT2D eigenvalue weighted by Crippen LogP contribution is -2.12. The second kappa shape index (κ2) is 5.86. The molecule has 1 unspecified atom stereocenters. The molecule has 0 spiro atoms. The minimum atomic E-state index is -0.600. The molecule has 20 heavy (non-hydrogen) atoms. The maximum Gasteiger partial charge on any atom is 0.0976 e. The van der Waals surface area contributed by atoms with Crippen molar-refractivity contribution in [1.82, 2.24) is 0 Å². The Hall–Kier alpha value is -1.51. The van der Waals surface area contributed by atoms with E-state index in [2.05, 4.69) is 23.5 Å². The van der Waals surface area contributed by atoms with Crippen LogP contribution in [0, 0.1) is 0 Å². The molecule has 2 nitrogen and oxygen atoms in total. The molecule has 2 N–H and O–H groups in total. The van der Waals surface area contributed by atoms with Gasteiger partial charge in [0.05, 0.1) is 6.10 Å². The van der Waals surface area contributed by atoms with Crippen molar-refractivity contribution < 1.29 is 5.11 Å². The van der Waals surface area contributed by atoms with Crippen LogP contribution in [0.1, 0.15) is 29.2 Å². The summed E-state index contributed by atoms with van der Waals surface area (Å²) in [5.41, 5.74) is 4.73. The lowest BCUT2D eigenvalue weighted by molar-refractivity contribution is 0.192. The summed E-state index contributed by atoms with van der Waals surface area (Å²) < 4.78 is 0. The molecular weight excluding hydrogens is 270 g/mol. The zero-order valence-corrected chi connectivity index (χ0v) is 12.0. The fourth-order valence-corrected chi connectivity index (χ4v) is 3.01. The zero-order chi connectivity index (χ0) is 13.9. The Balaban J connectivity index is 1.66. The van der Waals surface area contributed by atoms with Gasteiger partial charge in [0.1, 0.15) is 0 Å². The Kier molecular flexibility index (Phi) is 3.95. The average Bonchev–Trinajstić information content (AvgIpc) is 2.92. The zero-order valence-electron chi connectivity index (χ0n) is 11.3. The molecule has 0 aliphatic heterocycles. The molecule has 2 aromatic carbocycles. The van der Waals surface area contributed by atoms with Crippen LogP contribution in [0.15, 0.2) is 42.5 Å². The molecular formula is C17H18ClNO. The van der Waals surface area contributed by atoms with Gasteiger partial charge in [0.15, 0.2) is 0 Å². The summed E-state index contributed by atoms with van der Waals surface area (Å²) >= 11 is 6.09. The molecule has 104 valence electrons. The van der Waals surface area contributed by atoms with Crippen LogP contribution in [0.25, 0.3) is 0 Å². The Morgan fingerprint density at radius 1 is 1.10 bits per heavy atom. The average molecular weight is 288 g/mol. The van der Waals surface area contributed by atoms with Crippen LogP contribution < -0.4 is 5.32 Å². The van der Waals surface area contributed by atoms with Gasteiger partial charge in [-0.25, -0.2) is 0 Å². The third kappa shape index (κ3) is 2.82. The van der Waals surface area contributed by atoms with Crippen molar-refractivity contribution in [3.8, 4) is 0 Å². The molecule has 0 aromatic heterocycles. The van der Waals surface area contributed by atoms with Gasteiger partial charge in [-0.1, -0.05) is 35.9 Å². The first-order valence-electron chi connectivity index (χ1n) is 7.02. The Morgan fingerprint density at radius 3 is 2.75 bits per heavy atom. The lowest BCUT2D eigenvalue weighted by atomic mass is 10.1. The largest absolute Gasteiger partial charge is 0.387 e. The molecule has 0 saturated heterocycles. The topological polar surface area (TPSA) is 32.3 Å². The smallest absolute Gasteiger partial charge is 0.0976 e. The number of hydrogen-bond acceptors (Lipinski definition) is 2. The fourth-order valence-electron chi connectivity index (χ4n) is 2.75. The highest BCUT2D eigenvalue weighted by atomic mass is 35.5. The number of benzene rings is 2.